The predicted octanol–water partition coefficient (Wildman–Crippen LogP) is 6.02. The molecule has 1 rings (SSSR count). The molecule has 1 aromatic rings. The van der Waals surface area contributed by atoms with E-state index in [-0.39, 0.29) is 7.43 Å². The highest BCUT2D eigenvalue weighted by Gasteiger charge is 1.97. The lowest BCUT2D eigenvalue weighted by atomic mass is 10.0. The van der Waals surface area contributed by atoms with Gasteiger partial charge in [-0.1, -0.05) is 84.3 Å². The molecular weight excluding hydrogens is 308 g/mol. The summed E-state index contributed by atoms with van der Waals surface area (Å²) in [6, 6.07) is 8.08. The van der Waals surface area contributed by atoms with Gasteiger partial charge in [-0.15, -0.1) is 0 Å². The molecule has 23 heavy (non-hydrogen) atoms. The fourth-order valence-corrected chi connectivity index (χ4v) is 2.93. The molecule has 0 unspecified atom stereocenters. The Kier molecular flexibility index (Phi) is 15.9. The first-order chi connectivity index (χ1) is 10.9. The third-order valence-electron chi connectivity index (χ3n) is 3.90. The van der Waals surface area contributed by atoms with E-state index in [1.54, 1.807) is 0 Å². The van der Waals surface area contributed by atoms with Crippen LogP contribution in [-0.2, 0) is 15.8 Å². The van der Waals surface area contributed by atoms with Gasteiger partial charge in [0, 0.05) is 4.90 Å². The summed E-state index contributed by atoms with van der Waals surface area (Å²) >= 11 is 0.939. The van der Waals surface area contributed by atoms with E-state index in [1.807, 2.05) is 12.1 Å². The van der Waals surface area contributed by atoms with Gasteiger partial charge in [0.25, 0.3) is 0 Å². The fraction of sp³-hybridized carbons (Fsp3) is 0.684. The number of aryl methyl sites for hydroxylation is 1. The lowest BCUT2D eigenvalue weighted by molar-refractivity contribution is -0.777. The molecule has 0 aromatic heterocycles. The molecule has 0 heterocycles. The summed E-state index contributed by atoms with van der Waals surface area (Å²) in [6.07, 6.45) is 14.8. The standard InChI is InChI=1S/C18H30O3S.CH4/c1-2-3-4-5-6-7-8-9-10-11-12-17-13-15-18(16-14-17)22-21-20-19;/h13-16,19H,2-12H2,1H3;1H4/p-1. The van der Waals surface area contributed by atoms with Crippen molar-refractivity contribution in [2.24, 2.45) is 0 Å². The van der Waals surface area contributed by atoms with E-state index >= 15 is 0 Å². The second-order valence-corrected chi connectivity index (χ2v) is 6.57. The van der Waals surface area contributed by atoms with Crippen LogP contribution in [0.1, 0.15) is 84.1 Å². The topological polar surface area (TPSA) is 41.5 Å². The van der Waals surface area contributed by atoms with Crippen LogP contribution in [-0.4, -0.2) is 0 Å². The number of benzene rings is 1. The third-order valence-corrected chi connectivity index (χ3v) is 4.49. The Morgan fingerprint density at radius 1 is 0.826 bits per heavy atom. The van der Waals surface area contributed by atoms with Crippen LogP contribution in [0.4, 0.5) is 0 Å². The average Bonchev–Trinajstić information content (AvgIpc) is 2.56. The molecule has 0 aliphatic rings. The Bertz CT molecular complexity index is 354. The van der Waals surface area contributed by atoms with Gasteiger partial charge >= 0.3 is 0 Å². The molecule has 0 fully saturated rings. The molecule has 0 aliphatic heterocycles. The summed E-state index contributed by atoms with van der Waals surface area (Å²) in [7, 11) is 0. The van der Waals surface area contributed by atoms with E-state index in [9.17, 15) is 5.26 Å². The number of unbranched alkanes of at least 4 members (excludes halogenated alkanes) is 9. The van der Waals surface area contributed by atoms with Gasteiger partial charge in [0.05, 0.1) is 12.0 Å². The Balaban J connectivity index is 0.00000484. The first-order valence-corrected chi connectivity index (χ1v) is 9.33. The van der Waals surface area contributed by atoms with Crippen molar-refractivity contribution < 1.29 is 14.6 Å². The quantitative estimate of drug-likeness (QED) is 0.180. The molecule has 0 aliphatic carbocycles. The zero-order valence-corrected chi connectivity index (χ0v) is 14.5. The van der Waals surface area contributed by atoms with Gasteiger partial charge in [0.15, 0.2) is 0 Å². The minimum atomic E-state index is 0. The maximum atomic E-state index is 9.74. The van der Waals surface area contributed by atoms with Crippen LogP contribution < -0.4 is 5.26 Å². The lowest BCUT2D eigenvalue weighted by Crippen LogP contribution is -2.00. The zero-order chi connectivity index (χ0) is 15.9. The predicted molar refractivity (Wildman–Crippen MR) is 96.7 cm³/mol. The molecule has 0 bridgehead atoms. The second-order valence-electron chi connectivity index (χ2n) is 5.80. The number of hydrogen-bond acceptors (Lipinski definition) is 4. The Morgan fingerprint density at radius 2 is 1.35 bits per heavy atom. The highest BCUT2D eigenvalue weighted by Crippen LogP contribution is 2.20. The van der Waals surface area contributed by atoms with Crippen molar-refractivity contribution in [3.8, 4) is 0 Å². The Hall–Kier alpha value is -0.550. The number of rotatable bonds is 14. The van der Waals surface area contributed by atoms with Crippen molar-refractivity contribution in [2.75, 3.05) is 0 Å². The SMILES string of the molecule is C.CCCCCCCCCCCCc1ccc(SOO[O-])cc1. The van der Waals surface area contributed by atoms with Crippen molar-refractivity contribution >= 4 is 12.0 Å². The molecule has 0 N–H and O–H groups in total. The molecule has 1 aromatic carbocycles. The number of hydrogen-bond donors (Lipinski definition) is 0. The summed E-state index contributed by atoms with van der Waals surface area (Å²) in [5.41, 5.74) is 1.34. The average molecular weight is 342 g/mol. The van der Waals surface area contributed by atoms with Gasteiger partial charge in [-0.3, -0.25) is 5.04 Å². The van der Waals surface area contributed by atoms with Crippen LogP contribution in [0.2, 0.25) is 0 Å². The minimum Gasteiger partial charge on any atom is -0.691 e. The summed E-state index contributed by atoms with van der Waals surface area (Å²) in [6.45, 7) is 2.27. The maximum absolute atomic E-state index is 9.74. The van der Waals surface area contributed by atoms with E-state index in [0.717, 1.165) is 23.4 Å². The normalized spacial score (nSPS) is 10.5. The van der Waals surface area contributed by atoms with Gasteiger partial charge < -0.3 is 5.26 Å². The van der Waals surface area contributed by atoms with Gasteiger partial charge in [-0.2, -0.15) is 4.33 Å². The van der Waals surface area contributed by atoms with E-state index in [1.165, 1.54) is 69.8 Å². The van der Waals surface area contributed by atoms with E-state index in [2.05, 4.69) is 28.4 Å². The first-order valence-electron chi connectivity index (χ1n) is 8.59. The van der Waals surface area contributed by atoms with Crippen molar-refractivity contribution in [3.05, 3.63) is 29.8 Å². The molecule has 0 spiro atoms. The highest BCUT2D eigenvalue weighted by molar-refractivity contribution is 7.94. The van der Waals surface area contributed by atoms with Crippen LogP contribution in [0.5, 0.6) is 0 Å². The lowest BCUT2D eigenvalue weighted by Gasteiger charge is -2.05. The van der Waals surface area contributed by atoms with Crippen LogP contribution >= 0.6 is 12.0 Å². The molecule has 3 nitrogen and oxygen atoms in total. The van der Waals surface area contributed by atoms with Crippen molar-refractivity contribution in [1.82, 2.24) is 0 Å². The van der Waals surface area contributed by atoms with Gasteiger partial charge in [0.1, 0.15) is 0 Å². The third kappa shape index (κ3) is 12.5. The molecule has 0 saturated carbocycles. The summed E-state index contributed by atoms with van der Waals surface area (Å²) in [4.78, 5) is 0.877. The summed E-state index contributed by atoms with van der Waals surface area (Å²) in [5, 5.41) is 13.1. The van der Waals surface area contributed by atoms with Crippen LogP contribution in [0.25, 0.3) is 0 Å². The van der Waals surface area contributed by atoms with E-state index < -0.39 is 0 Å². The van der Waals surface area contributed by atoms with Crippen LogP contribution in [0, 0.1) is 0 Å². The minimum absolute atomic E-state index is 0. The van der Waals surface area contributed by atoms with E-state index in [0.29, 0.717) is 0 Å². The Labute approximate surface area is 146 Å². The monoisotopic (exact) mass is 341 g/mol. The molecule has 0 atom stereocenters. The zero-order valence-electron chi connectivity index (χ0n) is 13.7. The maximum Gasteiger partial charge on any atom is 0.0674 e. The fourth-order valence-electron chi connectivity index (χ4n) is 2.58. The van der Waals surface area contributed by atoms with Gasteiger partial charge in [0.2, 0.25) is 0 Å². The summed E-state index contributed by atoms with van der Waals surface area (Å²) in [5.74, 6) is 0. The molecule has 0 radical (unpaired) electrons. The second kappa shape index (κ2) is 16.3. The molecule has 134 valence electrons. The van der Waals surface area contributed by atoms with Crippen LogP contribution in [0.3, 0.4) is 0 Å². The molecular formula is C19H33O3S-. The first kappa shape index (κ1) is 22.4. The van der Waals surface area contributed by atoms with Crippen LogP contribution in [0.15, 0.2) is 29.2 Å². The largest absolute Gasteiger partial charge is 0.691 e. The van der Waals surface area contributed by atoms with Crippen molar-refractivity contribution in [3.63, 3.8) is 0 Å². The highest BCUT2D eigenvalue weighted by atomic mass is 32.2. The Morgan fingerprint density at radius 3 is 1.87 bits per heavy atom. The molecule has 4 heteroatoms. The summed E-state index contributed by atoms with van der Waals surface area (Å²) < 4.78 is 4.29. The molecule has 0 saturated heterocycles. The van der Waals surface area contributed by atoms with Crippen molar-refractivity contribution in [2.45, 2.75) is 89.9 Å². The van der Waals surface area contributed by atoms with Gasteiger partial charge in [-0.05, 0) is 30.5 Å². The van der Waals surface area contributed by atoms with Crippen molar-refractivity contribution in [1.29, 1.82) is 0 Å². The molecule has 0 amide bonds. The smallest absolute Gasteiger partial charge is 0.0674 e. The van der Waals surface area contributed by atoms with Gasteiger partial charge in [-0.25, -0.2) is 0 Å². The van der Waals surface area contributed by atoms with E-state index in [4.69, 9.17) is 0 Å².